The maximum absolute atomic E-state index is 12.3. The van der Waals surface area contributed by atoms with E-state index in [4.69, 9.17) is 9.05 Å². The third kappa shape index (κ3) is 3.11. The van der Waals surface area contributed by atoms with Crippen molar-refractivity contribution in [2.45, 2.75) is 13.8 Å². The van der Waals surface area contributed by atoms with Crippen LogP contribution in [-0.2, 0) is 13.6 Å². The fourth-order valence-corrected chi connectivity index (χ4v) is 3.53. The van der Waals surface area contributed by atoms with Gasteiger partial charge in [-0.05, 0) is 41.9 Å². The molecule has 6 heteroatoms. The molecule has 1 aromatic rings. The fraction of sp³-hybridized carbons (Fsp3) is 0.444. The van der Waals surface area contributed by atoms with E-state index in [-0.39, 0.29) is 0 Å². The zero-order valence-corrected chi connectivity index (χ0v) is 11.1. The number of aromatic nitrogens is 1. The van der Waals surface area contributed by atoms with Gasteiger partial charge in [0.25, 0.3) is 0 Å². The van der Waals surface area contributed by atoms with E-state index in [0.29, 0.717) is 23.1 Å². The third-order valence-corrected chi connectivity index (χ3v) is 4.61. The third-order valence-electron chi connectivity index (χ3n) is 1.60. The maximum atomic E-state index is 12.3. The van der Waals surface area contributed by atoms with Gasteiger partial charge in [-0.15, -0.1) is 0 Å². The molecule has 0 aromatic carbocycles. The molecule has 0 saturated heterocycles. The number of nitrogens with zero attached hydrogens (tertiary/aromatic N) is 1. The summed E-state index contributed by atoms with van der Waals surface area (Å²) in [5.74, 6) is 0. The zero-order chi connectivity index (χ0) is 11.3. The topological polar surface area (TPSA) is 48.4 Å². The van der Waals surface area contributed by atoms with E-state index in [1.165, 1.54) is 0 Å². The molecule has 0 unspecified atom stereocenters. The van der Waals surface area contributed by atoms with Crippen LogP contribution >= 0.6 is 23.5 Å². The Morgan fingerprint density at radius 3 is 2.47 bits per heavy atom. The minimum atomic E-state index is -3.27. The summed E-state index contributed by atoms with van der Waals surface area (Å²) in [6.07, 6.45) is 1.56. The molecule has 1 rings (SSSR count). The summed E-state index contributed by atoms with van der Waals surface area (Å²) in [4.78, 5) is 4.03. The van der Waals surface area contributed by atoms with E-state index in [0.717, 1.165) is 0 Å². The molecule has 0 aliphatic rings. The van der Waals surface area contributed by atoms with Gasteiger partial charge in [-0.25, -0.2) is 4.98 Å². The lowest BCUT2D eigenvalue weighted by atomic mass is 10.5. The van der Waals surface area contributed by atoms with Crippen LogP contribution in [0, 0.1) is 0 Å². The second kappa shape index (κ2) is 5.75. The number of halogens is 1. The van der Waals surface area contributed by atoms with Gasteiger partial charge in [-0.3, -0.25) is 4.57 Å². The van der Waals surface area contributed by atoms with E-state index in [2.05, 4.69) is 20.9 Å². The molecule has 1 heterocycles. The Hall–Kier alpha value is -0.220. The van der Waals surface area contributed by atoms with Crippen molar-refractivity contribution in [2.24, 2.45) is 0 Å². The van der Waals surface area contributed by atoms with Gasteiger partial charge in [0.15, 0.2) is 5.44 Å². The van der Waals surface area contributed by atoms with Gasteiger partial charge in [-0.2, -0.15) is 0 Å². The minimum absolute atomic E-state index is 0.320. The second-order valence-electron chi connectivity index (χ2n) is 2.64. The van der Waals surface area contributed by atoms with Crippen molar-refractivity contribution in [3.05, 3.63) is 22.8 Å². The molecule has 0 saturated carbocycles. The number of pyridine rings is 1. The summed E-state index contributed by atoms with van der Waals surface area (Å²) in [5, 5.41) is 0. The summed E-state index contributed by atoms with van der Waals surface area (Å²) in [6, 6.07) is 3.50. The molecule has 0 aliphatic carbocycles. The van der Waals surface area contributed by atoms with Crippen molar-refractivity contribution in [1.82, 2.24) is 4.98 Å². The standard InChI is InChI=1S/C9H13BrNO3P/c1-3-13-15(12,14-4-2)9-8(10)6-5-7-11-9/h5-7H,3-4H2,1-2H3. The lowest BCUT2D eigenvalue weighted by Gasteiger charge is -2.16. The first-order valence-corrected chi connectivity index (χ1v) is 6.97. The zero-order valence-electron chi connectivity index (χ0n) is 8.64. The summed E-state index contributed by atoms with van der Waals surface area (Å²) in [6.45, 7) is 4.17. The van der Waals surface area contributed by atoms with E-state index in [9.17, 15) is 4.57 Å². The molecule has 0 amide bonds. The Labute approximate surface area is 97.7 Å². The van der Waals surface area contributed by atoms with Crippen LogP contribution in [0.2, 0.25) is 0 Å². The Morgan fingerprint density at radius 1 is 1.40 bits per heavy atom. The van der Waals surface area contributed by atoms with Crippen LogP contribution in [0.3, 0.4) is 0 Å². The summed E-state index contributed by atoms with van der Waals surface area (Å²) >= 11 is 3.28. The molecule has 1 aromatic heterocycles. The number of rotatable bonds is 5. The Morgan fingerprint density at radius 2 is 2.00 bits per heavy atom. The molecular formula is C9H13BrNO3P. The van der Waals surface area contributed by atoms with Gasteiger partial charge in [0.2, 0.25) is 0 Å². The first kappa shape index (κ1) is 12.8. The molecule has 84 valence electrons. The predicted molar refractivity (Wildman–Crippen MR) is 62.4 cm³/mol. The Kier molecular flexibility index (Phi) is 4.93. The average molecular weight is 294 g/mol. The molecule has 15 heavy (non-hydrogen) atoms. The van der Waals surface area contributed by atoms with Gasteiger partial charge in [-0.1, -0.05) is 0 Å². The molecule has 0 spiro atoms. The van der Waals surface area contributed by atoms with E-state index < -0.39 is 7.60 Å². The van der Waals surface area contributed by atoms with Crippen LogP contribution in [0.1, 0.15) is 13.8 Å². The van der Waals surface area contributed by atoms with Gasteiger partial charge in [0.1, 0.15) is 0 Å². The first-order chi connectivity index (χ1) is 7.14. The lowest BCUT2D eigenvalue weighted by molar-refractivity contribution is 0.229. The van der Waals surface area contributed by atoms with Gasteiger partial charge in [0.05, 0.1) is 17.7 Å². The highest BCUT2D eigenvalue weighted by Gasteiger charge is 2.30. The molecule has 4 nitrogen and oxygen atoms in total. The molecule has 0 atom stereocenters. The maximum Gasteiger partial charge on any atom is 0.380 e. The SMILES string of the molecule is CCOP(=O)(OCC)c1ncccc1Br. The monoisotopic (exact) mass is 293 g/mol. The van der Waals surface area contributed by atoms with Crippen molar-refractivity contribution in [2.75, 3.05) is 13.2 Å². The van der Waals surface area contributed by atoms with Crippen LogP contribution in [-0.4, -0.2) is 18.2 Å². The highest BCUT2D eigenvalue weighted by atomic mass is 79.9. The van der Waals surface area contributed by atoms with Crippen molar-refractivity contribution in [3.8, 4) is 0 Å². The Bertz CT molecular complexity index is 362. The van der Waals surface area contributed by atoms with Gasteiger partial charge in [0, 0.05) is 6.20 Å². The van der Waals surface area contributed by atoms with E-state index >= 15 is 0 Å². The van der Waals surface area contributed by atoms with Crippen LogP contribution in [0.15, 0.2) is 22.8 Å². The summed E-state index contributed by atoms with van der Waals surface area (Å²) in [5.41, 5.74) is 0.328. The molecular weight excluding hydrogens is 281 g/mol. The average Bonchev–Trinajstić information content (AvgIpc) is 2.19. The molecule has 0 aliphatic heterocycles. The van der Waals surface area contributed by atoms with Crippen LogP contribution in [0.5, 0.6) is 0 Å². The first-order valence-electron chi connectivity index (χ1n) is 4.64. The van der Waals surface area contributed by atoms with Crippen molar-refractivity contribution in [3.63, 3.8) is 0 Å². The predicted octanol–water partition coefficient (Wildman–Crippen LogP) is 2.74. The smallest absolute Gasteiger partial charge is 0.304 e. The quantitative estimate of drug-likeness (QED) is 0.783. The molecule has 0 bridgehead atoms. The number of hydrogen-bond acceptors (Lipinski definition) is 4. The van der Waals surface area contributed by atoms with Crippen LogP contribution < -0.4 is 5.44 Å². The highest BCUT2D eigenvalue weighted by molar-refractivity contribution is 9.10. The minimum Gasteiger partial charge on any atom is -0.304 e. The summed E-state index contributed by atoms with van der Waals surface area (Å²) in [7, 11) is -3.27. The largest absolute Gasteiger partial charge is 0.380 e. The summed E-state index contributed by atoms with van der Waals surface area (Å²) < 4.78 is 23.3. The highest BCUT2D eigenvalue weighted by Crippen LogP contribution is 2.47. The van der Waals surface area contributed by atoms with Crippen LogP contribution in [0.4, 0.5) is 0 Å². The fourth-order valence-electron chi connectivity index (χ4n) is 1.08. The van der Waals surface area contributed by atoms with E-state index in [1.807, 2.05) is 0 Å². The van der Waals surface area contributed by atoms with E-state index in [1.54, 1.807) is 32.2 Å². The van der Waals surface area contributed by atoms with Gasteiger partial charge < -0.3 is 9.05 Å². The van der Waals surface area contributed by atoms with Crippen molar-refractivity contribution < 1.29 is 13.6 Å². The molecule has 0 radical (unpaired) electrons. The normalized spacial score (nSPS) is 11.7. The Balaban J connectivity index is 3.09. The molecule has 0 fully saturated rings. The number of hydrogen-bond donors (Lipinski definition) is 0. The van der Waals surface area contributed by atoms with Crippen LogP contribution in [0.25, 0.3) is 0 Å². The van der Waals surface area contributed by atoms with Gasteiger partial charge >= 0.3 is 7.60 Å². The lowest BCUT2D eigenvalue weighted by Crippen LogP contribution is -2.15. The van der Waals surface area contributed by atoms with Crippen molar-refractivity contribution >= 4 is 29.0 Å². The molecule has 0 N–H and O–H groups in total. The second-order valence-corrected chi connectivity index (χ2v) is 5.43. The van der Waals surface area contributed by atoms with Crippen molar-refractivity contribution in [1.29, 1.82) is 0 Å².